The third kappa shape index (κ3) is 2.54. The minimum atomic E-state index is -1.39. The van der Waals surface area contributed by atoms with E-state index in [1.54, 1.807) is 6.07 Å². The van der Waals surface area contributed by atoms with Crippen molar-refractivity contribution in [2.45, 2.75) is 4.90 Å². The Morgan fingerprint density at radius 2 is 2.00 bits per heavy atom. The van der Waals surface area contributed by atoms with E-state index in [4.69, 9.17) is 14.3 Å². The second-order valence-electron chi connectivity index (χ2n) is 4.90. The number of rotatable bonds is 3. The Balaban J connectivity index is 2.47. The van der Waals surface area contributed by atoms with Crippen LogP contribution in [-0.2, 0) is 11.2 Å². The van der Waals surface area contributed by atoms with Gasteiger partial charge in [-0.2, -0.15) is 0 Å². The first kappa shape index (κ1) is 15.4. The number of aromatic carboxylic acids is 1. The molecule has 3 rings (SSSR count). The molecule has 0 spiro atoms. The van der Waals surface area contributed by atoms with E-state index >= 15 is 0 Å². The zero-order valence-corrected chi connectivity index (χ0v) is 13.1. The van der Waals surface area contributed by atoms with E-state index in [1.165, 1.54) is 37.6 Å². The van der Waals surface area contributed by atoms with E-state index in [9.17, 15) is 14.1 Å². The highest BCUT2D eigenvalue weighted by Gasteiger charge is 2.19. The van der Waals surface area contributed by atoms with Crippen molar-refractivity contribution in [3.8, 4) is 5.75 Å². The number of carboxylic acid groups (broad SMARTS) is 1. The molecule has 0 aliphatic carbocycles. The van der Waals surface area contributed by atoms with Gasteiger partial charge in [-0.05, 0) is 35.4 Å². The summed E-state index contributed by atoms with van der Waals surface area (Å²) < 4.78 is 22.8. The molecule has 118 valence electrons. The summed E-state index contributed by atoms with van der Waals surface area (Å²) in [6.45, 7) is 0. The van der Waals surface area contributed by atoms with Crippen molar-refractivity contribution in [1.29, 1.82) is 0 Å². The summed E-state index contributed by atoms with van der Waals surface area (Å²) in [5.41, 5.74) is 0.0536. The molecule has 23 heavy (non-hydrogen) atoms. The predicted molar refractivity (Wildman–Crippen MR) is 85.8 cm³/mol. The Hall–Kier alpha value is -2.51. The summed E-state index contributed by atoms with van der Waals surface area (Å²) in [5.74, 6) is -0.754. The molecule has 1 N–H and O–H groups in total. The summed E-state index contributed by atoms with van der Waals surface area (Å²) in [7, 11) is 1.44. The van der Waals surface area contributed by atoms with Crippen LogP contribution in [0.15, 0.2) is 44.4 Å². The van der Waals surface area contributed by atoms with Crippen LogP contribution in [0, 0.1) is 0 Å². The van der Waals surface area contributed by atoms with Gasteiger partial charge in [0.25, 0.3) is 0 Å². The molecule has 1 atom stereocenters. The molecule has 1 heterocycles. The number of benzene rings is 2. The smallest absolute Gasteiger partial charge is 0.335 e. The van der Waals surface area contributed by atoms with Crippen LogP contribution < -0.4 is 10.2 Å². The van der Waals surface area contributed by atoms with Crippen molar-refractivity contribution >= 4 is 39.1 Å². The SMILES string of the molecule is COc1cc([S+](C)[O-])c2oc3ccc(C(=O)O)cc3c(=O)c2c1. The summed E-state index contributed by atoms with van der Waals surface area (Å²) >= 11 is -1.39. The molecule has 0 amide bonds. The lowest BCUT2D eigenvalue weighted by atomic mass is 10.1. The number of carboxylic acids is 1. The van der Waals surface area contributed by atoms with Crippen molar-refractivity contribution < 1.29 is 23.6 Å². The van der Waals surface area contributed by atoms with Crippen LogP contribution in [0.2, 0.25) is 0 Å². The maximum Gasteiger partial charge on any atom is 0.335 e. The third-order valence-corrected chi connectivity index (χ3v) is 4.42. The second-order valence-corrected chi connectivity index (χ2v) is 6.25. The molecular weight excluding hydrogens is 320 g/mol. The van der Waals surface area contributed by atoms with Crippen molar-refractivity contribution in [2.24, 2.45) is 0 Å². The lowest BCUT2D eigenvalue weighted by Crippen LogP contribution is -2.08. The number of hydrogen-bond acceptors (Lipinski definition) is 5. The number of methoxy groups -OCH3 is 1. The number of ether oxygens (including phenoxy) is 1. The topological polar surface area (TPSA) is 99.8 Å². The first-order chi connectivity index (χ1) is 10.9. The van der Waals surface area contributed by atoms with Crippen LogP contribution >= 0.6 is 0 Å². The van der Waals surface area contributed by atoms with Crippen molar-refractivity contribution in [1.82, 2.24) is 0 Å². The van der Waals surface area contributed by atoms with Gasteiger partial charge in [0.2, 0.25) is 5.43 Å². The summed E-state index contributed by atoms with van der Waals surface area (Å²) in [4.78, 5) is 24.1. The van der Waals surface area contributed by atoms with Crippen molar-refractivity contribution in [3.05, 3.63) is 46.1 Å². The summed E-state index contributed by atoms with van der Waals surface area (Å²) in [6, 6.07) is 7.09. The molecule has 2 aromatic carbocycles. The minimum Gasteiger partial charge on any atom is -0.612 e. The van der Waals surface area contributed by atoms with Crippen LogP contribution in [0.5, 0.6) is 5.75 Å². The monoisotopic (exact) mass is 332 g/mol. The molecule has 0 aliphatic rings. The van der Waals surface area contributed by atoms with E-state index in [0.717, 1.165) is 0 Å². The maximum absolute atomic E-state index is 12.7. The highest BCUT2D eigenvalue weighted by atomic mass is 32.2. The van der Waals surface area contributed by atoms with Crippen LogP contribution in [0.1, 0.15) is 10.4 Å². The standard InChI is InChI=1S/C16H12O6S/c1-21-9-6-11-14(17)10-5-8(16(18)19)3-4-12(10)22-15(11)13(7-9)23(2)20/h3-7H,1-2H3,(H,18,19). The average molecular weight is 332 g/mol. The largest absolute Gasteiger partial charge is 0.612 e. The lowest BCUT2D eigenvalue weighted by Gasteiger charge is -2.10. The Morgan fingerprint density at radius 1 is 1.26 bits per heavy atom. The van der Waals surface area contributed by atoms with Gasteiger partial charge in [-0.25, -0.2) is 4.79 Å². The minimum absolute atomic E-state index is 0.00802. The third-order valence-electron chi connectivity index (χ3n) is 3.50. The molecule has 6 nitrogen and oxygen atoms in total. The van der Waals surface area contributed by atoms with E-state index in [2.05, 4.69) is 0 Å². The summed E-state index contributed by atoms with van der Waals surface area (Å²) in [6.07, 6.45) is 1.48. The van der Waals surface area contributed by atoms with Gasteiger partial charge in [0, 0.05) is 6.07 Å². The summed E-state index contributed by atoms with van der Waals surface area (Å²) in [5, 5.41) is 9.40. The van der Waals surface area contributed by atoms with Crippen molar-refractivity contribution in [2.75, 3.05) is 13.4 Å². The maximum atomic E-state index is 12.7. The average Bonchev–Trinajstić information content (AvgIpc) is 2.53. The first-order valence-corrected chi connectivity index (χ1v) is 8.13. The molecular formula is C16H12O6S. The van der Waals surface area contributed by atoms with Crippen LogP contribution in [0.3, 0.4) is 0 Å². The number of hydrogen-bond donors (Lipinski definition) is 1. The van der Waals surface area contributed by atoms with E-state index < -0.39 is 22.6 Å². The number of carbonyl (C=O) groups is 1. The molecule has 7 heteroatoms. The molecule has 0 aliphatic heterocycles. The quantitative estimate of drug-likeness (QED) is 0.584. The highest BCUT2D eigenvalue weighted by Crippen LogP contribution is 2.29. The number of fused-ring (bicyclic) bond motifs is 2. The Morgan fingerprint density at radius 3 is 2.61 bits per heavy atom. The molecule has 0 saturated carbocycles. The predicted octanol–water partition coefficient (Wildman–Crippen LogP) is 2.39. The van der Waals surface area contributed by atoms with Crippen LogP contribution in [-0.4, -0.2) is 29.0 Å². The fourth-order valence-corrected chi connectivity index (χ4v) is 3.06. The van der Waals surface area contributed by atoms with Gasteiger partial charge in [-0.1, -0.05) is 0 Å². The van der Waals surface area contributed by atoms with Crippen LogP contribution in [0.25, 0.3) is 21.9 Å². The van der Waals surface area contributed by atoms with Gasteiger partial charge < -0.3 is 18.8 Å². The molecule has 0 bridgehead atoms. The van der Waals surface area contributed by atoms with E-state index in [1.807, 2.05) is 0 Å². The van der Waals surface area contributed by atoms with E-state index in [-0.39, 0.29) is 27.5 Å². The molecule has 0 fully saturated rings. The molecule has 0 radical (unpaired) electrons. The first-order valence-electron chi connectivity index (χ1n) is 6.57. The zero-order valence-electron chi connectivity index (χ0n) is 12.3. The molecule has 0 saturated heterocycles. The fourth-order valence-electron chi connectivity index (χ4n) is 2.37. The fraction of sp³-hybridized carbons (Fsp3) is 0.125. The highest BCUT2D eigenvalue weighted by molar-refractivity contribution is 7.91. The van der Waals surface area contributed by atoms with Crippen molar-refractivity contribution in [3.63, 3.8) is 0 Å². The molecule has 3 aromatic rings. The van der Waals surface area contributed by atoms with Gasteiger partial charge in [0.15, 0.2) is 10.5 Å². The van der Waals surface area contributed by atoms with Gasteiger partial charge in [0.1, 0.15) is 17.6 Å². The van der Waals surface area contributed by atoms with Gasteiger partial charge in [0.05, 0.1) is 23.4 Å². The Bertz CT molecular complexity index is 989. The Kier molecular flexibility index (Phi) is 3.75. The lowest BCUT2D eigenvalue weighted by molar-refractivity contribution is 0.0697. The molecule has 1 unspecified atom stereocenters. The van der Waals surface area contributed by atoms with Gasteiger partial charge >= 0.3 is 5.97 Å². The van der Waals surface area contributed by atoms with Crippen LogP contribution in [0.4, 0.5) is 0 Å². The zero-order chi connectivity index (χ0) is 16.7. The van der Waals surface area contributed by atoms with E-state index in [0.29, 0.717) is 10.6 Å². The molecule has 1 aromatic heterocycles. The van der Waals surface area contributed by atoms with Gasteiger partial charge in [-0.15, -0.1) is 0 Å². The van der Waals surface area contributed by atoms with Gasteiger partial charge in [-0.3, -0.25) is 4.79 Å². The second kappa shape index (κ2) is 5.60. The Labute approximate surface area is 133 Å². The normalized spacial score (nSPS) is 12.5.